The number of rotatable bonds is 5. The highest BCUT2D eigenvalue weighted by Gasteiger charge is 2.33. The Morgan fingerprint density at radius 1 is 1.45 bits per heavy atom. The molecule has 0 spiro atoms. The molecule has 1 rings (SSSR count). The lowest BCUT2D eigenvalue weighted by atomic mass is 10.1. The standard InChI is InChI=1S/C13H15BrF3NOS/c1-8(20-2)5-6-18-12(19)9-3-4-11(14)10(7-9)13(15,16)17/h3-4,7-8H,5-6H2,1-2H3,(H,18,19). The second-order valence-electron chi connectivity index (χ2n) is 4.28. The third kappa shape index (κ3) is 5.01. The van der Waals surface area contributed by atoms with Crippen molar-refractivity contribution in [3.8, 4) is 0 Å². The Morgan fingerprint density at radius 2 is 2.10 bits per heavy atom. The van der Waals surface area contributed by atoms with E-state index in [9.17, 15) is 18.0 Å². The van der Waals surface area contributed by atoms with E-state index in [1.165, 1.54) is 12.1 Å². The van der Waals surface area contributed by atoms with E-state index in [0.29, 0.717) is 11.8 Å². The maximum absolute atomic E-state index is 12.7. The summed E-state index contributed by atoms with van der Waals surface area (Å²) in [5, 5.41) is 3.02. The van der Waals surface area contributed by atoms with Gasteiger partial charge in [0.15, 0.2) is 0 Å². The monoisotopic (exact) mass is 369 g/mol. The Morgan fingerprint density at radius 3 is 2.65 bits per heavy atom. The van der Waals surface area contributed by atoms with Crippen LogP contribution >= 0.6 is 27.7 Å². The second kappa shape index (κ2) is 7.36. The largest absolute Gasteiger partial charge is 0.417 e. The van der Waals surface area contributed by atoms with Crippen LogP contribution in [-0.4, -0.2) is 24.0 Å². The van der Waals surface area contributed by atoms with Gasteiger partial charge in [-0.2, -0.15) is 24.9 Å². The van der Waals surface area contributed by atoms with E-state index in [1.807, 2.05) is 13.2 Å². The number of carbonyl (C=O) groups is 1. The van der Waals surface area contributed by atoms with Crippen LogP contribution in [0.2, 0.25) is 0 Å². The van der Waals surface area contributed by atoms with E-state index in [-0.39, 0.29) is 10.0 Å². The molecule has 0 aliphatic rings. The molecule has 1 N–H and O–H groups in total. The number of thioether (sulfide) groups is 1. The van der Waals surface area contributed by atoms with Gasteiger partial charge in [0.2, 0.25) is 0 Å². The fourth-order valence-electron chi connectivity index (χ4n) is 1.49. The molecule has 2 nitrogen and oxygen atoms in total. The molecule has 0 aromatic heterocycles. The van der Waals surface area contributed by atoms with E-state index in [1.54, 1.807) is 11.8 Å². The summed E-state index contributed by atoms with van der Waals surface area (Å²) in [5.41, 5.74) is -0.833. The molecule has 112 valence electrons. The zero-order valence-corrected chi connectivity index (χ0v) is 13.5. The van der Waals surface area contributed by atoms with Crippen molar-refractivity contribution >= 4 is 33.6 Å². The average Bonchev–Trinajstić information content (AvgIpc) is 2.37. The zero-order valence-electron chi connectivity index (χ0n) is 11.1. The van der Waals surface area contributed by atoms with Crippen LogP contribution in [0, 0.1) is 0 Å². The van der Waals surface area contributed by atoms with Crippen molar-refractivity contribution in [2.45, 2.75) is 24.8 Å². The van der Waals surface area contributed by atoms with Crippen molar-refractivity contribution < 1.29 is 18.0 Å². The highest BCUT2D eigenvalue weighted by molar-refractivity contribution is 9.10. The van der Waals surface area contributed by atoms with Crippen LogP contribution < -0.4 is 5.32 Å². The molecular formula is C13H15BrF3NOS. The van der Waals surface area contributed by atoms with Gasteiger partial charge >= 0.3 is 6.18 Å². The molecular weight excluding hydrogens is 355 g/mol. The van der Waals surface area contributed by atoms with E-state index >= 15 is 0 Å². The molecule has 1 unspecified atom stereocenters. The lowest BCUT2D eigenvalue weighted by molar-refractivity contribution is -0.138. The highest BCUT2D eigenvalue weighted by atomic mass is 79.9. The van der Waals surface area contributed by atoms with Crippen molar-refractivity contribution in [1.82, 2.24) is 5.32 Å². The number of carbonyl (C=O) groups excluding carboxylic acids is 1. The van der Waals surface area contributed by atoms with Gasteiger partial charge in [0.1, 0.15) is 0 Å². The number of hydrogen-bond donors (Lipinski definition) is 1. The second-order valence-corrected chi connectivity index (χ2v) is 6.41. The van der Waals surface area contributed by atoms with Crippen LogP contribution in [0.3, 0.4) is 0 Å². The normalized spacial score (nSPS) is 13.1. The van der Waals surface area contributed by atoms with Crippen LogP contribution in [0.5, 0.6) is 0 Å². The summed E-state index contributed by atoms with van der Waals surface area (Å²) >= 11 is 4.52. The average molecular weight is 370 g/mol. The Balaban J connectivity index is 2.74. The molecule has 1 amide bonds. The van der Waals surface area contributed by atoms with Crippen LogP contribution in [0.4, 0.5) is 13.2 Å². The van der Waals surface area contributed by atoms with Gasteiger partial charge in [-0.05, 0) is 30.9 Å². The summed E-state index contributed by atoms with van der Waals surface area (Å²) in [7, 11) is 0. The molecule has 0 aliphatic heterocycles. The quantitative estimate of drug-likeness (QED) is 0.836. The van der Waals surface area contributed by atoms with Crippen LogP contribution in [0.25, 0.3) is 0 Å². The molecule has 0 saturated carbocycles. The number of amides is 1. The van der Waals surface area contributed by atoms with Crippen molar-refractivity contribution in [1.29, 1.82) is 0 Å². The molecule has 0 heterocycles. The first-order valence-corrected chi connectivity index (χ1v) is 8.01. The van der Waals surface area contributed by atoms with Crippen LogP contribution in [-0.2, 0) is 6.18 Å². The minimum absolute atomic E-state index is 0.0114. The molecule has 0 radical (unpaired) electrons. The van der Waals surface area contributed by atoms with Gasteiger partial charge in [0.05, 0.1) is 5.56 Å². The number of halogens is 4. The first-order valence-electron chi connectivity index (χ1n) is 5.93. The van der Waals surface area contributed by atoms with Crippen molar-refractivity contribution in [3.63, 3.8) is 0 Å². The first kappa shape index (κ1) is 17.4. The zero-order chi connectivity index (χ0) is 15.3. The Hall–Kier alpha value is -0.690. The third-order valence-electron chi connectivity index (χ3n) is 2.77. The van der Waals surface area contributed by atoms with E-state index < -0.39 is 17.6 Å². The molecule has 0 fully saturated rings. The van der Waals surface area contributed by atoms with Gasteiger partial charge in [0, 0.05) is 21.8 Å². The Bertz CT molecular complexity index is 479. The van der Waals surface area contributed by atoms with E-state index in [2.05, 4.69) is 21.2 Å². The first-order chi connectivity index (χ1) is 9.25. The number of alkyl halides is 3. The SMILES string of the molecule is CSC(C)CCNC(=O)c1ccc(Br)c(C(F)(F)F)c1. The lowest BCUT2D eigenvalue weighted by Gasteiger charge is -2.12. The molecule has 0 bridgehead atoms. The molecule has 20 heavy (non-hydrogen) atoms. The minimum Gasteiger partial charge on any atom is -0.352 e. The number of nitrogens with one attached hydrogen (secondary N) is 1. The van der Waals surface area contributed by atoms with Gasteiger partial charge in [-0.3, -0.25) is 4.79 Å². The van der Waals surface area contributed by atoms with Crippen molar-refractivity contribution in [3.05, 3.63) is 33.8 Å². The summed E-state index contributed by atoms with van der Waals surface area (Å²) in [5.74, 6) is -0.490. The molecule has 0 saturated heterocycles. The van der Waals surface area contributed by atoms with Crippen LogP contribution in [0.15, 0.2) is 22.7 Å². The predicted molar refractivity (Wildman–Crippen MR) is 79.1 cm³/mol. The molecule has 1 aromatic carbocycles. The van der Waals surface area contributed by atoms with Gasteiger partial charge in [-0.15, -0.1) is 0 Å². The Labute approximate surface area is 128 Å². The topological polar surface area (TPSA) is 29.1 Å². The van der Waals surface area contributed by atoms with Crippen LogP contribution in [0.1, 0.15) is 29.3 Å². The van der Waals surface area contributed by atoms with Crippen molar-refractivity contribution in [2.24, 2.45) is 0 Å². The number of hydrogen-bond acceptors (Lipinski definition) is 2. The molecule has 7 heteroatoms. The predicted octanol–water partition coefficient (Wildman–Crippen LogP) is 4.34. The summed E-state index contributed by atoms with van der Waals surface area (Å²) < 4.78 is 38.1. The number of benzene rings is 1. The summed E-state index contributed by atoms with van der Waals surface area (Å²) in [6.07, 6.45) is -1.74. The maximum Gasteiger partial charge on any atom is 0.417 e. The molecule has 0 aliphatic carbocycles. The summed E-state index contributed by atoms with van der Waals surface area (Å²) in [6, 6.07) is 3.46. The van der Waals surface area contributed by atoms with Gasteiger partial charge in [-0.25, -0.2) is 0 Å². The van der Waals surface area contributed by atoms with Gasteiger partial charge < -0.3 is 5.32 Å². The van der Waals surface area contributed by atoms with E-state index in [4.69, 9.17) is 0 Å². The summed E-state index contributed by atoms with van der Waals surface area (Å²) in [6.45, 7) is 2.47. The fourth-order valence-corrected chi connectivity index (χ4v) is 2.32. The highest BCUT2D eigenvalue weighted by Crippen LogP contribution is 2.35. The smallest absolute Gasteiger partial charge is 0.352 e. The van der Waals surface area contributed by atoms with Gasteiger partial charge in [-0.1, -0.05) is 22.9 Å². The third-order valence-corrected chi connectivity index (χ3v) is 4.50. The summed E-state index contributed by atoms with van der Waals surface area (Å²) in [4.78, 5) is 11.8. The fraction of sp³-hybridized carbons (Fsp3) is 0.462. The molecule has 1 atom stereocenters. The minimum atomic E-state index is -4.48. The van der Waals surface area contributed by atoms with Gasteiger partial charge in [0.25, 0.3) is 5.91 Å². The van der Waals surface area contributed by atoms with E-state index in [0.717, 1.165) is 12.5 Å². The molecule has 1 aromatic rings. The maximum atomic E-state index is 12.7. The van der Waals surface area contributed by atoms with Crippen molar-refractivity contribution in [2.75, 3.05) is 12.8 Å². The Kier molecular flexibility index (Phi) is 6.39. The lowest BCUT2D eigenvalue weighted by Crippen LogP contribution is -2.26.